The summed E-state index contributed by atoms with van der Waals surface area (Å²) in [5.74, 6) is 0. The number of para-hydroxylation sites is 3. The highest BCUT2D eigenvalue weighted by Crippen LogP contribution is 2.52. The molecule has 0 unspecified atom stereocenters. The number of fused-ring (bicyclic) bond motifs is 11. The Morgan fingerprint density at radius 3 is 2.33 bits per heavy atom. The molecule has 0 aliphatic carbocycles. The molecule has 4 heterocycles. The third kappa shape index (κ3) is 2.25. The molecule has 5 heteroatoms. The van der Waals surface area contributed by atoms with E-state index in [1.54, 1.807) is 0 Å². The van der Waals surface area contributed by atoms with E-state index in [1.165, 1.54) is 38.7 Å². The van der Waals surface area contributed by atoms with Crippen LogP contribution in [0.3, 0.4) is 0 Å². The van der Waals surface area contributed by atoms with E-state index >= 15 is 0 Å². The predicted octanol–water partition coefficient (Wildman–Crippen LogP) is 7.31. The van der Waals surface area contributed by atoms with E-state index in [-0.39, 0.29) is 6.98 Å². The molecule has 2 aromatic heterocycles. The first kappa shape index (κ1) is 17.6. The maximum Gasteiger partial charge on any atom is 0.421 e. The second-order valence-corrected chi connectivity index (χ2v) is 9.52. The normalized spacial score (nSPS) is 13.9. The summed E-state index contributed by atoms with van der Waals surface area (Å²) in [4.78, 5) is 6.33. The fourth-order valence-corrected chi connectivity index (χ4v) is 6.49. The van der Waals surface area contributed by atoms with Crippen LogP contribution in [0.15, 0.2) is 107 Å². The van der Waals surface area contributed by atoms with Crippen molar-refractivity contribution in [1.29, 1.82) is 0 Å². The van der Waals surface area contributed by atoms with Gasteiger partial charge in [-0.15, -0.1) is 11.3 Å². The summed E-state index contributed by atoms with van der Waals surface area (Å²) in [6, 6.07) is 34.7. The zero-order valence-electron chi connectivity index (χ0n) is 17.6. The van der Waals surface area contributed by atoms with Crippen molar-refractivity contribution in [2.24, 2.45) is 0 Å². The number of hydrogen-bond donors (Lipinski definition) is 0. The Labute approximate surface area is 195 Å². The van der Waals surface area contributed by atoms with Crippen molar-refractivity contribution < 1.29 is 4.42 Å². The summed E-state index contributed by atoms with van der Waals surface area (Å²) in [5, 5.41) is 4.51. The molecule has 3 nitrogen and oxygen atoms in total. The quantitative estimate of drug-likeness (QED) is 0.250. The van der Waals surface area contributed by atoms with Gasteiger partial charge in [0.25, 0.3) is 0 Å². The third-order valence-corrected chi connectivity index (χ3v) is 7.85. The van der Waals surface area contributed by atoms with Crippen LogP contribution in [0.2, 0.25) is 0 Å². The molecule has 0 saturated carbocycles. The number of benzene rings is 4. The van der Waals surface area contributed by atoms with Crippen LogP contribution in [0.25, 0.3) is 32.4 Å². The van der Waals surface area contributed by atoms with Crippen molar-refractivity contribution in [2.45, 2.75) is 0 Å². The van der Waals surface area contributed by atoms with Crippen molar-refractivity contribution >= 4 is 68.5 Å². The predicted molar refractivity (Wildman–Crippen MR) is 140 cm³/mol. The summed E-state index contributed by atoms with van der Waals surface area (Å²) in [6.07, 6.45) is 0. The van der Waals surface area contributed by atoms with Gasteiger partial charge < -0.3 is 14.0 Å². The molecule has 0 fully saturated rings. The molecular weight excluding hydrogens is 423 g/mol. The number of nitrogens with zero attached hydrogens (tertiary/aromatic N) is 2. The van der Waals surface area contributed by atoms with Gasteiger partial charge in [-0.1, -0.05) is 54.6 Å². The summed E-state index contributed by atoms with van der Waals surface area (Å²) in [7, 11) is 0. The lowest BCUT2D eigenvalue weighted by Gasteiger charge is -2.34. The number of rotatable bonds is 1. The Morgan fingerprint density at radius 2 is 1.39 bits per heavy atom. The van der Waals surface area contributed by atoms with Gasteiger partial charge in [0, 0.05) is 22.1 Å². The smallest absolute Gasteiger partial charge is 0.421 e. The van der Waals surface area contributed by atoms with E-state index in [1.807, 2.05) is 23.5 Å². The first-order chi connectivity index (χ1) is 16.4. The minimum atomic E-state index is 0.0660. The maximum absolute atomic E-state index is 6.11. The lowest BCUT2D eigenvalue weighted by molar-refractivity contribution is 0.669. The Hall–Kier alpha value is -3.96. The second kappa shape index (κ2) is 6.30. The zero-order chi connectivity index (χ0) is 21.5. The van der Waals surface area contributed by atoms with E-state index in [0.717, 1.165) is 21.9 Å². The van der Waals surface area contributed by atoms with Gasteiger partial charge in [-0.3, -0.25) is 0 Å². The minimum Gasteiger partial charge on any atom is -0.456 e. The van der Waals surface area contributed by atoms with Crippen LogP contribution in [-0.2, 0) is 0 Å². The number of furan rings is 1. The minimum absolute atomic E-state index is 0.0660. The molecule has 0 radical (unpaired) electrons. The van der Waals surface area contributed by atoms with Gasteiger partial charge in [-0.25, -0.2) is 0 Å². The summed E-state index contributed by atoms with van der Waals surface area (Å²) < 4.78 is 6.11. The largest absolute Gasteiger partial charge is 0.456 e. The molecule has 0 N–H and O–H groups in total. The standard InChI is InChI=1S/C28H17BN2OS/c1-3-9-22-20(8-1)28-25(15-16-33-28)31-24-11-5-4-10-23(24)30(29(22)31)18-13-14-27-21(17-18)19-7-2-6-12-26(19)32-27/h1-17H. The summed E-state index contributed by atoms with van der Waals surface area (Å²) in [5.41, 5.74) is 9.44. The first-order valence-electron chi connectivity index (χ1n) is 11.1. The van der Waals surface area contributed by atoms with Crippen molar-refractivity contribution in [3.63, 3.8) is 0 Å². The molecule has 154 valence electrons. The van der Waals surface area contributed by atoms with Gasteiger partial charge in [-0.05, 0) is 58.9 Å². The van der Waals surface area contributed by atoms with Crippen LogP contribution in [0.1, 0.15) is 0 Å². The van der Waals surface area contributed by atoms with E-state index in [9.17, 15) is 0 Å². The number of thiophene rings is 1. The Balaban J connectivity index is 1.42. The van der Waals surface area contributed by atoms with Crippen LogP contribution >= 0.6 is 11.3 Å². The lowest BCUT2D eigenvalue weighted by atomic mass is 9.60. The molecule has 0 atom stereocenters. The molecule has 0 saturated heterocycles. The fraction of sp³-hybridized carbons (Fsp3) is 0. The van der Waals surface area contributed by atoms with Gasteiger partial charge in [0.1, 0.15) is 11.2 Å². The fourth-order valence-electron chi connectivity index (χ4n) is 5.56. The van der Waals surface area contributed by atoms with Crippen LogP contribution in [0.4, 0.5) is 22.7 Å². The Bertz CT molecular complexity index is 1720. The molecule has 2 aliphatic heterocycles. The topological polar surface area (TPSA) is 19.6 Å². The average Bonchev–Trinajstić information content (AvgIpc) is 3.57. The van der Waals surface area contributed by atoms with Gasteiger partial charge in [0.05, 0.1) is 16.3 Å². The van der Waals surface area contributed by atoms with E-state index < -0.39 is 0 Å². The zero-order valence-corrected chi connectivity index (χ0v) is 18.4. The van der Waals surface area contributed by atoms with Crippen LogP contribution in [0, 0.1) is 0 Å². The monoisotopic (exact) mass is 440 g/mol. The molecule has 2 aliphatic rings. The van der Waals surface area contributed by atoms with Gasteiger partial charge >= 0.3 is 6.98 Å². The molecule has 0 amide bonds. The first-order valence-corrected chi connectivity index (χ1v) is 12.0. The lowest BCUT2D eigenvalue weighted by Crippen LogP contribution is -2.55. The van der Waals surface area contributed by atoms with E-state index in [0.29, 0.717) is 0 Å². The van der Waals surface area contributed by atoms with Crippen LogP contribution < -0.4 is 15.1 Å². The number of hydrogen-bond acceptors (Lipinski definition) is 4. The Kier molecular flexibility index (Phi) is 3.36. The van der Waals surface area contributed by atoms with Crippen molar-refractivity contribution in [1.82, 2.24) is 0 Å². The summed E-state index contributed by atoms with van der Waals surface area (Å²) in [6.45, 7) is 0.0660. The average molecular weight is 440 g/mol. The van der Waals surface area contributed by atoms with Gasteiger partial charge in [0.15, 0.2) is 0 Å². The highest BCUT2D eigenvalue weighted by Gasteiger charge is 2.48. The molecular formula is C28H17BN2OS. The van der Waals surface area contributed by atoms with Crippen LogP contribution in [-0.4, -0.2) is 6.98 Å². The van der Waals surface area contributed by atoms with Gasteiger partial charge in [-0.2, -0.15) is 0 Å². The number of anilines is 4. The molecule has 33 heavy (non-hydrogen) atoms. The van der Waals surface area contributed by atoms with E-state index in [2.05, 4.69) is 99.9 Å². The third-order valence-electron chi connectivity index (χ3n) is 6.92. The highest BCUT2D eigenvalue weighted by molar-refractivity contribution is 7.15. The van der Waals surface area contributed by atoms with E-state index in [4.69, 9.17) is 4.42 Å². The highest BCUT2D eigenvalue weighted by atomic mass is 32.1. The maximum atomic E-state index is 6.11. The molecule has 6 aromatic rings. The summed E-state index contributed by atoms with van der Waals surface area (Å²) >= 11 is 1.82. The SMILES string of the molecule is c1ccc2c(c1)B1N(c3ccc4oc5ccccc5c4c3)c3ccccc3N1c1ccsc1-2. The second-order valence-electron chi connectivity index (χ2n) is 8.60. The molecule has 0 bridgehead atoms. The van der Waals surface area contributed by atoms with Crippen molar-refractivity contribution in [3.05, 3.63) is 102 Å². The molecule has 4 aromatic carbocycles. The van der Waals surface area contributed by atoms with Crippen molar-refractivity contribution in [2.75, 3.05) is 9.62 Å². The molecule has 8 rings (SSSR count). The molecule has 0 spiro atoms. The van der Waals surface area contributed by atoms with Crippen molar-refractivity contribution in [3.8, 4) is 10.4 Å². The van der Waals surface area contributed by atoms with Crippen LogP contribution in [0.5, 0.6) is 0 Å². The Morgan fingerprint density at radius 1 is 0.636 bits per heavy atom. The van der Waals surface area contributed by atoms with Gasteiger partial charge in [0.2, 0.25) is 0 Å².